The van der Waals surface area contributed by atoms with Crippen molar-refractivity contribution in [3.8, 4) is 0 Å². The Morgan fingerprint density at radius 3 is 2.93 bits per heavy atom. The SMILES string of the molecule is CC(CBr)Cc1c[nH]c2ccccc12. The molecular formula is C12H14BrN. The molecular weight excluding hydrogens is 238 g/mol. The van der Waals surface area contributed by atoms with E-state index in [-0.39, 0.29) is 0 Å². The lowest BCUT2D eigenvalue weighted by Gasteiger charge is -2.05. The molecule has 0 saturated heterocycles. The number of para-hydroxylation sites is 1. The standard InChI is InChI=1S/C12H14BrN/c1-9(7-13)6-10-8-14-12-5-3-2-4-11(10)12/h2-5,8-9,14H,6-7H2,1H3. The average molecular weight is 252 g/mol. The number of hydrogen-bond acceptors (Lipinski definition) is 0. The van der Waals surface area contributed by atoms with Gasteiger partial charge in [-0.05, 0) is 24.0 Å². The Hall–Kier alpha value is -0.760. The Balaban J connectivity index is 2.33. The summed E-state index contributed by atoms with van der Waals surface area (Å²) >= 11 is 3.51. The number of H-pyrrole nitrogens is 1. The van der Waals surface area contributed by atoms with Crippen molar-refractivity contribution in [2.45, 2.75) is 13.3 Å². The number of fused-ring (bicyclic) bond motifs is 1. The molecule has 1 aromatic carbocycles. The Kier molecular flexibility index (Phi) is 2.92. The summed E-state index contributed by atoms with van der Waals surface area (Å²) in [6.07, 6.45) is 3.26. The highest BCUT2D eigenvalue weighted by Gasteiger charge is 2.06. The van der Waals surface area contributed by atoms with E-state index in [0.29, 0.717) is 5.92 Å². The highest BCUT2D eigenvalue weighted by atomic mass is 79.9. The third kappa shape index (κ3) is 1.85. The molecule has 2 heteroatoms. The topological polar surface area (TPSA) is 15.8 Å². The highest BCUT2D eigenvalue weighted by molar-refractivity contribution is 9.09. The average Bonchev–Trinajstić information content (AvgIpc) is 2.62. The van der Waals surface area contributed by atoms with E-state index in [1.54, 1.807) is 0 Å². The minimum absolute atomic E-state index is 0.689. The van der Waals surface area contributed by atoms with Gasteiger partial charge in [-0.3, -0.25) is 0 Å². The highest BCUT2D eigenvalue weighted by Crippen LogP contribution is 2.21. The lowest BCUT2D eigenvalue weighted by atomic mass is 10.0. The molecule has 0 amide bonds. The number of benzene rings is 1. The summed E-state index contributed by atoms with van der Waals surface area (Å²) in [6.45, 7) is 2.26. The van der Waals surface area contributed by atoms with Crippen molar-refractivity contribution in [1.29, 1.82) is 0 Å². The number of hydrogen-bond donors (Lipinski definition) is 1. The molecule has 1 aromatic heterocycles. The van der Waals surface area contributed by atoms with Gasteiger partial charge in [0.2, 0.25) is 0 Å². The first-order valence-corrected chi connectivity index (χ1v) is 6.04. The summed E-state index contributed by atoms with van der Waals surface area (Å²) < 4.78 is 0. The Labute approximate surface area is 92.6 Å². The molecule has 2 aromatic rings. The fraction of sp³-hybridized carbons (Fsp3) is 0.333. The van der Waals surface area contributed by atoms with Crippen LogP contribution in [0.4, 0.5) is 0 Å². The van der Waals surface area contributed by atoms with Crippen LogP contribution in [0.5, 0.6) is 0 Å². The van der Waals surface area contributed by atoms with Gasteiger partial charge in [0.25, 0.3) is 0 Å². The Morgan fingerprint density at radius 2 is 2.14 bits per heavy atom. The molecule has 2 rings (SSSR count). The van der Waals surface area contributed by atoms with Gasteiger partial charge in [-0.1, -0.05) is 41.1 Å². The van der Waals surface area contributed by atoms with Crippen LogP contribution in [0.15, 0.2) is 30.5 Å². The summed E-state index contributed by atoms with van der Waals surface area (Å²) in [4.78, 5) is 3.30. The lowest BCUT2D eigenvalue weighted by Crippen LogP contribution is -1.99. The van der Waals surface area contributed by atoms with Crippen molar-refractivity contribution in [2.75, 3.05) is 5.33 Å². The molecule has 0 bridgehead atoms. The fourth-order valence-corrected chi connectivity index (χ4v) is 1.96. The van der Waals surface area contributed by atoms with Gasteiger partial charge < -0.3 is 4.98 Å². The molecule has 0 radical (unpaired) electrons. The van der Waals surface area contributed by atoms with Crippen LogP contribution in [-0.2, 0) is 6.42 Å². The van der Waals surface area contributed by atoms with Crippen molar-refractivity contribution < 1.29 is 0 Å². The fourth-order valence-electron chi connectivity index (χ4n) is 1.73. The molecule has 74 valence electrons. The molecule has 0 aliphatic rings. The van der Waals surface area contributed by atoms with E-state index in [1.165, 1.54) is 16.5 Å². The van der Waals surface area contributed by atoms with E-state index < -0.39 is 0 Å². The number of rotatable bonds is 3. The third-order valence-corrected chi connectivity index (χ3v) is 3.61. The van der Waals surface area contributed by atoms with Gasteiger partial charge in [0.05, 0.1) is 0 Å². The van der Waals surface area contributed by atoms with Crippen LogP contribution in [-0.4, -0.2) is 10.3 Å². The van der Waals surface area contributed by atoms with Crippen molar-refractivity contribution in [2.24, 2.45) is 5.92 Å². The minimum atomic E-state index is 0.689. The normalized spacial score (nSPS) is 13.3. The first-order chi connectivity index (χ1) is 6.81. The Morgan fingerprint density at radius 1 is 1.36 bits per heavy atom. The molecule has 0 fully saturated rings. The summed E-state index contributed by atoms with van der Waals surface area (Å²) in [5.41, 5.74) is 2.66. The number of nitrogens with one attached hydrogen (secondary N) is 1. The van der Waals surface area contributed by atoms with Crippen LogP contribution in [0.2, 0.25) is 0 Å². The van der Waals surface area contributed by atoms with E-state index in [1.807, 2.05) is 0 Å². The maximum atomic E-state index is 3.51. The van der Waals surface area contributed by atoms with E-state index in [2.05, 4.69) is 58.3 Å². The van der Waals surface area contributed by atoms with Crippen LogP contribution in [0, 0.1) is 5.92 Å². The maximum absolute atomic E-state index is 3.51. The third-order valence-electron chi connectivity index (χ3n) is 2.51. The Bertz CT molecular complexity index is 419. The van der Waals surface area contributed by atoms with Crippen LogP contribution >= 0.6 is 15.9 Å². The monoisotopic (exact) mass is 251 g/mol. The number of aromatic amines is 1. The van der Waals surface area contributed by atoms with Crippen molar-refractivity contribution >= 4 is 26.8 Å². The lowest BCUT2D eigenvalue weighted by molar-refractivity contribution is 0.666. The number of alkyl halides is 1. The quantitative estimate of drug-likeness (QED) is 0.801. The van der Waals surface area contributed by atoms with Crippen molar-refractivity contribution in [1.82, 2.24) is 4.98 Å². The molecule has 0 aliphatic heterocycles. The van der Waals surface area contributed by atoms with Gasteiger partial charge >= 0.3 is 0 Å². The number of aromatic nitrogens is 1. The second kappa shape index (κ2) is 4.18. The smallest absolute Gasteiger partial charge is 0.0456 e. The zero-order chi connectivity index (χ0) is 9.97. The molecule has 0 aliphatic carbocycles. The second-order valence-electron chi connectivity index (χ2n) is 3.82. The number of halogens is 1. The molecule has 0 saturated carbocycles. The second-order valence-corrected chi connectivity index (χ2v) is 4.47. The van der Waals surface area contributed by atoms with Gasteiger partial charge in [-0.2, -0.15) is 0 Å². The van der Waals surface area contributed by atoms with E-state index >= 15 is 0 Å². The molecule has 1 N–H and O–H groups in total. The van der Waals surface area contributed by atoms with E-state index in [0.717, 1.165) is 11.8 Å². The van der Waals surface area contributed by atoms with Gasteiger partial charge in [-0.25, -0.2) is 0 Å². The molecule has 1 atom stereocenters. The minimum Gasteiger partial charge on any atom is -0.361 e. The van der Waals surface area contributed by atoms with Gasteiger partial charge in [-0.15, -0.1) is 0 Å². The summed E-state index contributed by atoms with van der Waals surface area (Å²) in [7, 11) is 0. The van der Waals surface area contributed by atoms with E-state index in [9.17, 15) is 0 Å². The van der Waals surface area contributed by atoms with Crippen LogP contribution in [0.3, 0.4) is 0 Å². The predicted molar refractivity (Wildman–Crippen MR) is 65.0 cm³/mol. The van der Waals surface area contributed by atoms with E-state index in [4.69, 9.17) is 0 Å². The largest absolute Gasteiger partial charge is 0.361 e. The molecule has 1 heterocycles. The molecule has 14 heavy (non-hydrogen) atoms. The zero-order valence-corrected chi connectivity index (χ0v) is 9.84. The summed E-state index contributed by atoms with van der Waals surface area (Å²) in [5.74, 6) is 0.689. The summed E-state index contributed by atoms with van der Waals surface area (Å²) in [5, 5.41) is 2.42. The van der Waals surface area contributed by atoms with Gasteiger partial charge in [0.15, 0.2) is 0 Å². The molecule has 1 unspecified atom stereocenters. The van der Waals surface area contributed by atoms with Gasteiger partial charge in [0, 0.05) is 22.4 Å². The summed E-state index contributed by atoms with van der Waals surface area (Å²) in [6, 6.07) is 8.47. The maximum Gasteiger partial charge on any atom is 0.0456 e. The first-order valence-electron chi connectivity index (χ1n) is 4.92. The zero-order valence-electron chi connectivity index (χ0n) is 8.26. The van der Waals surface area contributed by atoms with Crippen LogP contribution in [0.25, 0.3) is 10.9 Å². The van der Waals surface area contributed by atoms with Gasteiger partial charge in [0.1, 0.15) is 0 Å². The van der Waals surface area contributed by atoms with Crippen LogP contribution < -0.4 is 0 Å². The first kappa shape index (κ1) is 9.78. The predicted octanol–water partition coefficient (Wildman–Crippen LogP) is 3.74. The van der Waals surface area contributed by atoms with Crippen molar-refractivity contribution in [3.05, 3.63) is 36.0 Å². The van der Waals surface area contributed by atoms with Crippen molar-refractivity contribution in [3.63, 3.8) is 0 Å². The van der Waals surface area contributed by atoms with Crippen LogP contribution in [0.1, 0.15) is 12.5 Å². The molecule has 1 nitrogen and oxygen atoms in total. The molecule has 0 spiro atoms.